The number of primary amides is 1. The van der Waals surface area contributed by atoms with Gasteiger partial charge in [-0.05, 0) is 44.1 Å². The highest BCUT2D eigenvalue weighted by atomic mass is 127. The molecule has 0 bridgehead atoms. The van der Waals surface area contributed by atoms with Crippen LogP contribution in [0, 0.1) is 7.40 Å². The summed E-state index contributed by atoms with van der Waals surface area (Å²) in [5.74, 6) is -0.476. The van der Waals surface area contributed by atoms with E-state index in [1.165, 1.54) is 0 Å². The molecule has 3 aromatic rings. The molecule has 5 nitrogen and oxygen atoms in total. The standard InChI is InChI=1S/C15H9BrI2N4O/c16-8-6-20-15(18)22-12(8)13-10(17)9(14(19)23)11(21-13)7-4-2-1-3-5-7/h1-6,21H,(H2,19,23). The molecule has 3 rings (SSSR count). The highest BCUT2D eigenvalue weighted by Gasteiger charge is 2.23. The molecule has 0 saturated heterocycles. The van der Waals surface area contributed by atoms with Crippen molar-refractivity contribution in [1.29, 1.82) is 0 Å². The number of carbonyl (C=O) groups excluding carboxylic acids is 1. The van der Waals surface area contributed by atoms with Crippen LogP contribution in [0.3, 0.4) is 0 Å². The number of hydrogen-bond acceptors (Lipinski definition) is 3. The molecule has 116 valence electrons. The minimum Gasteiger partial charge on any atom is -0.365 e. The number of rotatable bonds is 3. The fraction of sp³-hybridized carbons (Fsp3) is 0. The van der Waals surface area contributed by atoms with E-state index in [9.17, 15) is 4.79 Å². The number of benzene rings is 1. The summed E-state index contributed by atoms with van der Waals surface area (Å²) in [5.41, 5.74) is 9.09. The van der Waals surface area contributed by atoms with Crippen molar-refractivity contribution in [3.8, 4) is 22.6 Å². The van der Waals surface area contributed by atoms with Crippen LogP contribution in [0.4, 0.5) is 0 Å². The van der Waals surface area contributed by atoms with Crippen molar-refractivity contribution < 1.29 is 4.79 Å². The van der Waals surface area contributed by atoms with E-state index in [2.05, 4.69) is 53.5 Å². The Morgan fingerprint density at radius 3 is 2.52 bits per heavy atom. The summed E-state index contributed by atoms with van der Waals surface area (Å²) in [7, 11) is 0. The molecular weight excluding hydrogens is 586 g/mol. The fourth-order valence-corrected chi connectivity index (χ4v) is 3.91. The van der Waals surface area contributed by atoms with Crippen LogP contribution in [0.2, 0.25) is 0 Å². The maximum absolute atomic E-state index is 12.0. The van der Waals surface area contributed by atoms with E-state index in [1.807, 2.05) is 52.9 Å². The number of aromatic nitrogens is 3. The second-order valence-corrected chi connectivity index (χ2v) is 7.53. The van der Waals surface area contributed by atoms with Gasteiger partial charge < -0.3 is 10.7 Å². The Morgan fingerprint density at radius 2 is 1.87 bits per heavy atom. The van der Waals surface area contributed by atoms with E-state index in [0.717, 1.165) is 19.3 Å². The Morgan fingerprint density at radius 1 is 1.17 bits per heavy atom. The molecule has 0 spiro atoms. The minimum absolute atomic E-state index is 0.465. The Hall–Kier alpha value is -1.01. The summed E-state index contributed by atoms with van der Waals surface area (Å²) >= 11 is 7.63. The van der Waals surface area contributed by atoms with Crippen molar-refractivity contribution in [2.45, 2.75) is 0 Å². The lowest BCUT2D eigenvalue weighted by Gasteiger charge is -2.02. The van der Waals surface area contributed by atoms with Crippen molar-refractivity contribution in [3.63, 3.8) is 0 Å². The number of hydrogen-bond donors (Lipinski definition) is 2. The number of H-pyrrole nitrogens is 1. The number of nitrogens with zero attached hydrogens (tertiary/aromatic N) is 2. The van der Waals surface area contributed by atoms with Gasteiger partial charge in [-0.25, -0.2) is 9.97 Å². The maximum atomic E-state index is 12.0. The molecule has 8 heteroatoms. The molecule has 0 aliphatic rings. The van der Waals surface area contributed by atoms with Gasteiger partial charge in [0, 0.05) is 28.8 Å². The first-order chi connectivity index (χ1) is 11.0. The van der Waals surface area contributed by atoms with E-state index in [0.29, 0.717) is 20.8 Å². The molecular formula is C15H9BrI2N4O. The maximum Gasteiger partial charge on any atom is 0.251 e. The average Bonchev–Trinajstić information content (AvgIpc) is 2.88. The monoisotopic (exact) mass is 594 g/mol. The second kappa shape index (κ2) is 6.85. The molecule has 0 aliphatic carbocycles. The van der Waals surface area contributed by atoms with Crippen molar-refractivity contribution in [2.75, 3.05) is 0 Å². The van der Waals surface area contributed by atoms with E-state index in [-0.39, 0.29) is 0 Å². The minimum atomic E-state index is -0.476. The first-order valence-electron chi connectivity index (χ1n) is 6.44. The van der Waals surface area contributed by atoms with Crippen LogP contribution in [0.15, 0.2) is 41.0 Å². The number of aromatic amines is 1. The van der Waals surface area contributed by atoms with Crippen molar-refractivity contribution >= 4 is 67.0 Å². The van der Waals surface area contributed by atoms with Crippen LogP contribution in [0.25, 0.3) is 22.6 Å². The molecule has 0 saturated carbocycles. The number of nitrogens with one attached hydrogen (secondary N) is 1. The normalized spacial score (nSPS) is 10.7. The van der Waals surface area contributed by atoms with Crippen molar-refractivity contribution in [2.24, 2.45) is 5.73 Å². The summed E-state index contributed by atoms with van der Waals surface area (Å²) in [6.45, 7) is 0. The van der Waals surface area contributed by atoms with Gasteiger partial charge in [-0.2, -0.15) is 0 Å². The molecule has 0 atom stereocenters. The highest BCUT2D eigenvalue weighted by Crippen LogP contribution is 2.36. The SMILES string of the molecule is NC(=O)c1c(-c2ccccc2)[nH]c(-c2nc(I)ncc2Br)c1I. The van der Waals surface area contributed by atoms with Gasteiger partial charge in [0.1, 0.15) is 5.69 Å². The molecule has 2 aromatic heterocycles. The van der Waals surface area contributed by atoms with Crippen LogP contribution in [0.1, 0.15) is 10.4 Å². The summed E-state index contributed by atoms with van der Waals surface area (Å²) in [6.07, 6.45) is 1.69. The quantitative estimate of drug-likeness (QED) is 0.352. The highest BCUT2D eigenvalue weighted by molar-refractivity contribution is 14.1. The van der Waals surface area contributed by atoms with Gasteiger partial charge >= 0.3 is 0 Å². The number of carbonyl (C=O) groups is 1. The lowest BCUT2D eigenvalue weighted by atomic mass is 10.1. The lowest BCUT2D eigenvalue weighted by Crippen LogP contribution is -2.12. The summed E-state index contributed by atoms with van der Waals surface area (Å²) in [5, 5.41) is 0. The number of halogens is 3. The molecule has 3 N–H and O–H groups in total. The molecule has 23 heavy (non-hydrogen) atoms. The summed E-state index contributed by atoms with van der Waals surface area (Å²) < 4.78 is 2.10. The zero-order chi connectivity index (χ0) is 16.6. The molecule has 2 heterocycles. The van der Waals surface area contributed by atoms with E-state index in [1.54, 1.807) is 6.20 Å². The Labute approximate surface area is 167 Å². The largest absolute Gasteiger partial charge is 0.365 e. The van der Waals surface area contributed by atoms with Crippen molar-refractivity contribution in [1.82, 2.24) is 15.0 Å². The zero-order valence-electron chi connectivity index (χ0n) is 11.5. The van der Waals surface area contributed by atoms with E-state index < -0.39 is 5.91 Å². The second-order valence-electron chi connectivity index (χ2n) is 4.63. The third kappa shape index (κ3) is 3.29. The Bertz CT molecular complexity index is 896. The number of amides is 1. The van der Waals surface area contributed by atoms with Gasteiger partial charge in [0.2, 0.25) is 0 Å². The van der Waals surface area contributed by atoms with Gasteiger partial charge in [0.25, 0.3) is 5.91 Å². The molecule has 0 aliphatic heterocycles. The summed E-state index contributed by atoms with van der Waals surface area (Å²) in [6, 6.07) is 9.60. The molecule has 0 radical (unpaired) electrons. The van der Waals surface area contributed by atoms with Crippen molar-refractivity contribution in [3.05, 3.63) is 54.0 Å². The topological polar surface area (TPSA) is 84.7 Å². The molecule has 0 fully saturated rings. The predicted octanol–water partition coefficient (Wildman–Crippen LogP) is 4.21. The smallest absolute Gasteiger partial charge is 0.251 e. The van der Waals surface area contributed by atoms with Gasteiger partial charge in [0.15, 0.2) is 3.83 Å². The van der Waals surface area contributed by atoms with Gasteiger partial charge in [-0.3, -0.25) is 4.79 Å². The summed E-state index contributed by atoms with van der Waals surface area (Å²) in [4.78, 5) is 23.9. The van der Waals surface area contributed by atoms with Gasteiger partial charge in [0.05, 0.1) is 25.0 Å². The van der Waals surface area contributed by atoms with Gasteiger partial charge in [-0.1, -0.05) is 30.3 Å². The average molecular weight is 595 g/mol. The third-order valence-corrected chi connectivity index (χ3v) is 5.38. The first kappa shape index (κ1) is 16.8. The number of nitrogens with two attached hydrogens (primary N) is 1. The predicted molar refractivity (Wildman–Crippen MR) is 109 cm³/mol. The van der Waals surface area contributed by atoms with Crippen LogP contribution in [-0.4, -0.2) is 20.9 Å². The third-order valence-electron chi connectivity index (χ3n) is 3.20. The van der Waals surface area contributed by atoms with Crippen LogP contribution in [-0.2, 0) is 0 Å². The van der Waals surface area contributed by atoms with Gasteiger partial charge in [-0.15, -0.1) is 0 Å². The van der Waals surface area contributed by atoms with E-state index >= 15 is 0 Å². The first-order valence-corrected chi connectivity index (χ1v) is 9.39. The van der Waals surface area contributed by atoms with Crippen LogP contribution >= 0.6 is 61.1 Å². The Kier molecular flexibility index (Phi) is 5.01. The fourth-order valence-electron chi connectivity index (χ4n) is 2.21. The zero-order valence-corrected chi connectivity index (χ0v) is 17.4. The van der Waals surface area contributed by atoms with Crippen LogP contribution in [0.5, 0.6) is 0 Å². The van der Waals surface area contributed by atoms with Crippen LogP contribution < -0.4 is 5.73 Å². The van der Waals surface area contributed by atoms with E-state index in [4.69, 9.17) is 5.73 Å². The molecule has 1 amide bonds. The Balaban J connectivity index is 2.28. The molecule has 0 unspecified atom stereocenters. The molecule has 1 aromatic carbocycles. The lowest BCUT2D eigenvalue weighted by molar-refractivity contribution is 0.100.